The standard InChI is InChI=1S/C21H28N2O3/c1-15(2)17-6-8-18(9-7-17)22-12-11-21(24)23-14-16-5-10-19(25-3)20(13-16)26-4/h5-10,13,15,22H,11-12,14H2,1-4H3,(H,23,24). The number of carbonyl (C=O) groups excluding carboxylic acids is 1. The van der Waals surface area contributed by atoms with Gasteiger partial charge in [0.05, 0.1) is 14.2 Å². The van der Waals surface area contributed by atoms with Crippen LogP contribution in [0.5, 0.6) is 11.5 Å². The maximum absolute atomic E-state index is 12.0. The van der Waals surface area contributed by atoms with E-state index in [1.165, 1.54) is 5.56 Å². The molecule has 0 aliphatic rings. The molecule has 1 amide bonds. The summed E-state index contributed by atoms with van der Waals surface area (Å²) in [5.41, 5.74) is 3.30. The molecule has 0 fully saturated rings. The Morgan fingerprint density at radius 3 is 2.31 bits per heavy atom. The molecule has 140 valence electrons. The zero-order valence-corrected chi connectivity index (χ0v) is 16.0. The number of methoxy groups -OCH3 is 2. The molecule has 0 aromatic heterocycles. The Bertz CT molecular complexity index is 712. The first-order chi connectivity index (χ1) is 12.5. The quantitative estimate of drug-likeness (QED) is 0.714. The van der Waals surface area contributed by atoms with E-state index in [-0.39, 0.29) is 5.91 Å². The minimum Gasteiger partial charge on any atom is -0.493 e. The summed E-state index contributed by atoms with van der Waals surface area (Å²) in [6.07, 6.45) is 0.416. The van der Waals surface area contributed by atoms with E-state index in [0.29, 0.717) is 36.9 Å². The number of anilines is 1. The van der Waals surface area contributed by atoms with Crippen LogP contribution in [0.25, 0.3) is 0 Å². The molecule has 5 nitrogen and oxygen atoms in total. The van der Waals surface area contributed by atoms with E-state index in [1.54, 1.807) is 14.2 Å². The van der Waals surface area contributed by atoms with Crippen LogP contribution in [0.15, 0.2) is 42.5 Å². The molecule has 0 heterocycles. The third kappa shape index (κ3) is 5.69. The van der Waals surface area contributed by atoms with Crippen LogP contribution in [0.3, 0.4) is 0 Å². The lowest BCUT2D eigenvalue weighted by molar-refractivity contribution is -0.121. The van der Waals surface area contributed by atoms with Crippen LogP contribution in [-0.2, 0) is 11.3 Å². The van der Waals surface area contributed by atoms with Crippen LogP contribution in [0.2, 0.25) is 0 Å². The summed E-state index contributed by atoms with van der Waals surface area (Å²) in [5, 5.41) is 6.20. The van der Waals surface area contributed by atoms with Crippen LogP contribution in [0.1, 0.15) is 37.3 Å². The van der Waals surface area contributed by atoms with Crippen molar-refractivity contribution >= 4 is 11.6 Å². The molecule has 2 N–H and O–H groups in total. The van der Waals surface area contributed by atoms with Gasteiger partial charge in [0.15, 0.2) is 11.5 Å². The topological polar surface area (TPSA) is 59.6 Å². The van der Waals surface area contributed by atoms with Crippen molar-refractivity contribution in [3.05, 3.63) is 53.6 Å². The number of carbonyl (C=O) groups is 1. The van der Waals surface area contributed by atoms with E-state index in [0.717, 1.165) is 11.3 Å². The molecule has 0 aliphatic heterocycles. The number of hydrogen-bond donors (Lipinski definition) is 2. The van der Waals surface area contributed by atoms with Gasteiger partial charge >= 0.3 is 0 Å². The smallest absolute Gasteiger partial charge is 0.222 e. The van der Waals surface area contributed by atoms with Gasteiger partial charge in [0, 0.05) is 25.2 Å². The minimum atomic E-state index is 0.00563. The summed E-state index contributed by atoms with van der Waals surface area (Å²) in [5.74, 6) is 1.86. The van der Waals surface area contributed by atoms with Crippen molar-refractivity contribution in [2.24, 2.45) is 0 Å². The SMILES string of the molecule is COc1ccc(CNC(=O)CCNc2ccc(C(C)C)cc2)cc1OC. The van der Waals surface area contributed by atoms with Gasteiger partial charge in [0.25, 0.3) is 0 Å². The molecule has 0 spiro atoms. The highest BCUT2D eigenvalue weighted by Crippen LogP contribution is 2.27. The van der Waals surface area contributed by atoms with Gasteiger partial charge in [-0.3, -0.25) is 4.79 Å². The molecule has 0 saturated carbocycles. The Labute approximate surface area is 155 Å². The Balaban J connectivity index is 1.75. The van der Waals surface area contributed by atoms with Crippen molar-refractivity contribution in [3.8, 4) is 11.5 Å². The van der Waals surface area contributed by atoms with Crippen LogP contribution < -0.4 is 20.1 Å². The first-order valence-corrected chi connectivity index (χ1v) is 8.85. The molecule has 0 bridgehead atoms. The Hall–Kier alpha value is -2.69. The maximum Gasteiger partial charge on any atom is 0.222 e. The first kappa shape index (κ1) is 19.6. The highest BCUT2D eigenvalue weighted by molar-refractivity contribution is 5.76. The fourth-order valence-electron chi connectivity index (χ4n) is 2.59. The molecule has 0 radical (unpaired) electrons. The Kier molecular flexibility index (Phi) is 7.33. The second-order valence-electron chi connectivity index (χ2n) is 6.42. The van der Waals surface area contributed by atoms with Gasteiger partial charge in [0.2, 0.25) is 5.91 Å². The monoisotopic (exact) mass is 356 g/mol. The zero-order chi connectivity index (χ0) is 18.9. The van der Waals surface area contributed by atoms with E-state index in [2.05, 4.69) is 48.7 Å². The molecule has 26 heavy (non-hydrogen) atoms. The Morgan fingerprint density at radius 2 is 1.69 bits per heavy atom. The fourth-order valence-corrected chi connectivity index (χ4v) is 2.59. The largest absolute Gasteiger partial charge is 0.493 e. The lowest BCUT2D eigenvalue weighted by Gasteiger charge is -2.11. The second-order valence-corrected chi connectivity index (χ2v) is 6.42. The molecule has 2 aromatic rings. The van der Waals surface area contributed by atoms with E-state index in [1.807, 2.05) is 18.2 Å². The van der Waals surface area contributed by atoms with Crippen LogP contribution in [0, 0.1) is 0 Å². The number of ether oxygens (including phenoxy) is 2. The number of hydrogen-bond acceptors (Lipinski definition) is 4. The van der Waals surface area contributed by atoms with Crippen molar-refractivity contribution < 1.29 is 14.3 Å². The molecule has 0 atom stereocenters. The molecule has 0 aliphatic carbocycles. The third-order valence-electron chi connectivity index (χ3n) is 4.20. The van der Waals surface area contributed by atoms with E-state index < -0.39 is 0 Å². The van der Waals surface area contributed by atoms with E-state index >= 15 is 0 Å². The minimum absolute atomic E-state index is 0.00563. The molecule has 2 rings (SSSR count). The van der Waals surface area contributed by atoms with Crippen LogP contribution >= 0.6 is 0 Å². The third-order valence-corrected chi connectivity index (χ3v) is 4.20. The molecule has 0 saturated heterocycles. The molecule has 2 aromatic carbocycles. The summed E-state index contributed by atoms with van der Waals surface area (Å²) in [4.78, 5) is 12.0. The van der Waals surface area contributed by atoms with Crippen LogP contribution in [-0.4, -0.2) is 26.7 Å². The molecular weight excluding hydrogens is 328 g/mol. The van der Waals surface area contributed by atoms with Crippen molar-refractivity contribution in [2.45, 2.75) is 32.7 Å². The van der Waals surface area contributed by atoms with E-state index in [9.17, 15) is 4.79 Å². The van der Waals surface area contributed by atoms with Crippen molar-refractivity contribution in [2.75, 3.05) is 26.1 Å². The second kappa shape index (κ2) is 9.70. The average Bonchev–Trinajstić information content (AvgIpc) is 2.66. The zero-order valence-electron chi connectivity index (χ0n) is 16.0. The molecular formula is C21H28N2O3. The van der Waals surface area contributed by atoms with Crippen LogP contribution in [0.4, 0.5) is 5.69 Å². The van der Waals surface area contributed by atoms with Gasteiger partial charge in [0.1, 0.15) is 0 Å². The normalized spacial score (nSPS) is 10.5. The summed E-state index contributed by atoms with van der Waals surface area (Å²) in [6.45, 7) is 5.40. The summed E-state index contributed by atoms with van der Waals surface area (Å²) in [7, 11) is 3.20. The summed E-state index contributed by atoms with van der Waals surface area (Å²) >= 11 is 0. The average molecular weight is 356 g/mol. The van der Waals surface area contributed by atoms with Gasteiger partial charge in [-0.15, -0.1) is 0 Å². The van der Waals surface area contributed by atoms with Gasteiger partial charge < -0.3 is 20.1 Å². The van der Waals surface area contributed by atoms with Crippen molar-refractivity contribution in [1.82, 2.24) is 5.32 Å². The predicted octanol–water partition coefficient (Wildman–Crippen LogP) is 3.95. The number of rotatable bonds is 9. The maximum atomic E-state index is 12.0. The van der Waals surface area contributed by atoms with Gasteiger partial charge in [-0.2, -0.15) is 0 Å². The molecule has 5 heteroatoms. The van der Waals surface area contributed by atoms with Gasteiger partial charge in [-0.25, -0.2) is 0 Å². The first-order valence-electron chi connectivity index (χ1n) is 8.85. The summed E-state index contributed by atoms with van der Waals surface area (Å²) < 4.78 is 10.5. The predicted molar refractivity (Wildman–Crippen MR) is 105 cm³/mol. The lowest BCUT2D eigenvalue weighted by Crippen LogP contribution is -2.24. The summed E-state index contributed by atoms with van der Waals surface area (Å²) in [6, 6.07) is 14.0. The van der Waals surface area contributed by atoms with Crippen molar-refractivity contribution in [3.63, 3.8) is 0 Å². The highest BCUT2D eigenvalue weighted by Gasteiger charge is 2.06. The van der Waals surface area contributed by atoms with Gasteiger partial charge in [-0.1, -0.05) is 32.0 Å². The fraction of sp³-hybridized carbons (Fsp3) is 0.381. The van der Waals surface area contributed by atoms with Gasteiger partial charge in [-0.05, 0) is 41.3 Å². The Morgan fingerprint density at radius 1 is 1.00 bits per heavy atom. The molecule has 0 unspecified atom stereocenters. The number of nitrogens with one attached hydrogen (secondary N) is 2. The number of amides is 1. The van der Waals surface area contributed by atoms with E-state index in [4.69, 9.17) is 9.47 Å². The highest BCUT2D eigenvalue weighted by atomic mass is 16.5. The van der Waals surface area contributed by atoms with Crippen molar-refractivity contribution in [1.29, 1.82) is 0 Å². The lowest BCUT2D eigenvalue weighted by atomic mass is 10.0. The number of benzene rings is 2.